The summed E-state index contributed by atoms with van der Waals surface area (Å²) in [6.45, 7) is 1.73. The molecule has 0 radical (unpaired) electrons. The fourth-order valence-corrected chi connectivity index (χ4v) is 1.68. The molecule has 0 saturated heterocycles. The molecule has 3 heteroatoms. The maximum absolute atomic E-state index is 9.76. The first-order valence-electron chi connectivity index (χ1n) is 4.90. The minimum Gasteiger partial charge on any atom is -0.508 e. The van der Waals surface area contributed by atoms with E-state index in [1.807, 2.05) is 0 Å². The van der Waals surface area contributed by atoms with Crippen LogP contribution in [-0.4, -0.2) is 15.3 Å². The van der Waals surface area contributed by atoms with Crippen LogP contribution in [-0.2, 0) is 0 Å². The molecule has 82 valence electrons. The van der Waals surface area contributed by atoms with Crippen molar-refractivity contribution in [2.75, 3.05) is 0 Å². The summed E-state index contributed by atoms with van der Waals surface area (Å²) in [7, 11) is 0. The van der Waals surface area contributed by atoms with Gasteiger partial charge in [-0.1, -0.05) is 12.1 Å². The van der Waals surface area contributed by atoms with Gasteiger partial charge in [0.15, 0.2) is 0 Å². The molecule has 0 heterocycles. The summed E-state index contributed by atoms with van der Waals surface area (Å²) in [6.07, 6.45) is 0. The maximum Gasteiger partial charge on any atom is 0.123 e. The zero-order valence-corrected chi connectivity index (χ0v) is 8.81. The summed E-state index contributed by atoms with van der Waals surface area (Å²) >= 11 is 0. The number of aromatic hydroxyl groups is 3. The van der Waals surface area contributed by atoms with E-state index in [0.717, 1.165) is 5.56 Å². The van der Waals surface area contributed by atoms with Crippen molar-refractivity contribution < 1.29 is 15.3 Å². The minimum atomic E-state index is 0.112. The van der Waals surface area contributed by atoms with Crippen LogP contribution in [0, 0.1) is 6.92 Å². The monoisotopic (exact) mass is 216 g/mol. The molecule has 2 aromatic rings. The average Bonchev–Trinajstić information content (AvgIpc) is 2.27. The fourth-order valence-electron chi connectivity index (χ4n) is 1.68. The smallest absolute Gasteiger partial charge is 0.123 e. The van der Waals surface area contributed by atoms with Crippen molar-refractivity contribution in [1.29, 1.82) is 0 Å². The van der Waals surface area contributed by atoms with Gasteiger partial charge in [-0.05, 0) is 36.8 Å². The minimum absolute atomic E-state index is 0.112. The van der Waals surface area contributed by atoms with Gasteiger partial charge in [0.2, 0.25) is 0 Å². The summed E-state index contributed by atoms with van der Waals surface area (Å²) in [5.74, 6) is 0.419. The van der Waals surface area contributed by atoms with E-state index in [1.54, 1.807) is 19.1 Å². The van der Waals surface area contributed by atoms with Crippen LogP contribution in [0.25, 0.3) is 11.1 Å². The Morgan fingerprint density at radius 1 is 0.750 bits per heavy atom. The second-order valence-corrected chi connectivity index (χ2v) is 3.65. The van der Waals surface area contributed by atoms with E-state index < -0.39 is 0 Å². The van der Waals surface area contributed by atoms with Crippen LogP contribution in [0.4, 0.5) is 0 Å². The SMILES string of the molecule is Cc1c(O)ccc(O)c1-c1ccc(O)cc1. The normalized spacial score (nSPS) is 10.3. The highest BCUT2D eigenvalue weighted by Gasteiger charge is 2.10. The van der Waals surface area contributed by atoms with Crippen LogP contribution in [0.15, 0.2) is 36.4 Å². The Kier molecular flexibility index (Phi) is 2.44. The van der Waals surface area contributed by atoms with Crippen LogP contribution in [0.1, 0.15) is 5.56 Å². The Morgan fingerprint density at radius 3 is 1.94 bits per heavy atom. The molecule has 0 amide bonds. The largest absolute Gasteiger partial charge is 0.508 e. The van der Waals surface area contributed by atoms with Crippen LogP contribution in [0.2, 0.25) is 0 Å². The van der Waals surface area contributed by atoms with E-state index in [4.69, 9.17) is 0 Å². The van der Waals surface area contributed by atoms with Gasteiger partial charge in [0.05, 0.1) is 0 Å². The molecule has 0 spiro atoms. The van der Waals surface area contributed by atoms with E-state index in [1.165, 1.54) is 24.3 Å². The summed E-state index contributed by atoms with van der Waals surface area (Å²) in [4.78, 5) is 0. The molecule has 0 aliphatic carbocycles. The lowest BCUT2D eigenvalue weighted by atomic mass is 9.99. The Bertz CT molecular complexity index is 515. The van der Waals surface area contributed by atoms with Crippen molar-refractivity contribution in [2.45, 2.75) is 6.92 Å². The highest BCUT2D eigenvalue weighted by Crippen LogP contribution is 2.37. The van der Waals surface area contributed by atoms with Crippen LogP contribution in [0.3, 0.4) is 0 Å². The van der Waals surface area contributed by atoms with Gasteiger partial charge in [-0.25, -0.2) is 0 Å². The lowest BCUT2D eigenvalue weighted by Gasteiger charge is -2.10. The van der Waals surface area contributed by atoms with Crippen molar-refractivity contribution in [3.63, 3.8) is 0 Å². The van der Waals surface area contributed by atoms with E-state index in [9.17, 15) is 15.3 Å². The standard InChI is InChI=1S/C13H12O3/c1-8-11(15)6-7-12(16)13(8)9-2-4-10(14)5-3-9/h2-7,14-16H,1H3. The van der Waals surface area contributed by atoms with Gasteiger partial charge in [0, 0.05) is 11.1 Å². The lowest BCUT2D eigenvalue weighted by molar-refractivity contribution is 0.458. The third-order valence-corrected chi connectivity index (χ3v) is 2.57. The first kappa shape index (κ1) is 10.4. The van der Waals surface area contributed by atoms with Gasteiger partial charge in [-0.15, -0.1) is 0 Å². The molecule has 0 aliphatic rings. The first-order chi connectivity index (χ1) is 7.59. The number of hydrogen-bond acceptors (Lipinski definition) is 3. The average molecular weight is 216 g/mol. The molecule has 0 aromatic heterocycles. The van der Waals surface area contributed by atoms with Gasteiger partial charge in [0.25, 0.3) is 0 Å². The third kappa shape index (κ3) is 1.67. The molecule has 0 aliphatic heterocycles. The number of hydrogen-bond donors (Lipinski definition) is 3. The summed E-state index contributed by atoms with van der Waals surface area (Å²) in [6, 6.07) is 9.36. The quantitative estimate of drug-likeness (QED) is 0.642. The Balaban J connectivity index is 2.63. The highest BCUT2D eigenvalue weighted by atomic mass is 16.3. The molecule has 0 unspecified atom stereocenters. The Hall–Kier alpha value is -2.16. The molecule has 2 aromatic carbocycles. The van der Waals surface area contributed by atoms with Crippen molar-refractivity contribution in [3.05, 3.63) is 42.0 Å². The predicted octanol–water partition coefficient (Wildman–Crippen LogP) is 2.78. The van der Waals surface area contributed by atoms with Crippen LogP contribution in [0.5, 0.6) is 17.2 Å². The van der Waals surface area contributed by atoms with Crippen molar-refractivity contribution in [3.8, 4) is 28.4 Å². The van der Waals surface area contributed by atoms with Gasteiger partial charge in [0.1, 0.15) is 17.2 Å². The third-order valence-electron chi connectivity index (χ3n) is 2.57. The molecular formula is C13H12O3. The van der Waals surface area contributed by atoms with Crippen molar-refractivity contribution in [1.82, 2.24) is 0 Å². The molecule has 16 heavy (non-hydrogen) atoms. The first-order valence-corrected chi connectivity index (χ1v) is 4.90. The van der Waals surface area contributed by atoms with Gasteiger partial charge >= 0.3 is 0 Å². The van der Waals surface area contributed by atoms with Crippen molar-refractivity contribution >= 4 is 0 Å². The molecule has 3 nitrogen and oxygen atoms in total. The number of rotatable bonds is 1. The topological polar surface area (TPSA) is 60.7 Å². The van der Waals surface area contributed by atoms with Gasteiger partial charge in [-0.3, -0.25) is 0 Å². The van der Waals surface area contributed by atoms with Gasteiger partial charge < -0.3 is 15.3 Å². The molecule has 0 saturated carbocycles. The molecular weight excluding hydrogens is 204 g/mol. The number of phenols is 3. The maximum atomic E-state index is 9.76. The second kappa shape index (κ2) is 3.77. The van der Waals surface area contributed by atoms with Crippen LogP contribution < -0.4 is 0 Å². The molecule has 3 N–H and O–H groups in total. The molecule has 2 rings (SSSR count). The molecule has 0 bridgehead atoms. The van der Waals surface area contributed by atoms with E-state index >= 15 is 0 Å². The van der Waals surface area contributed by atoms with Gasteiger partial charge in [-0.2, -0.15) is 0 Å². The van der Waals surface area contributed by atoms with E-state index in [2.05, 4.69) is 0 Å². The molecule has 0 atom stereocenters. The summed E-state index contributed by atoms with van der Waals surface area (Å²) < 4.78 is 0. The number of benzene rings is 2. The second-order valence-electron chi connectivity index (χ2n) is 3.65. The van der Waals surface area contributed by atoms with E-state index in [0.29, 0.717) is 11.1 Å². The number of phenolic OH excluding ortho intramolecular Hbond substituents is 3. The summed E-state index contributed by atoms with van der Waals surface area (Å²) in [5, 5.41) is 28.5. The zero-order valence-electron chi connectivity index (χ0n) is 8.81. The zero-order chi connectivity index (χ0) is 11.7. The van der Waals surface area contributed by atoms with E-state index in [-0.39, 0.29) is 17.2 Å². The molecule has 0 fully saturated rings. The van der Waals surface area contributed by atoms with Crippen molar-refractivity contribution in [2.24, 2.45) is 0 Å². The fraction of sp³-hybridized carbons (Fsp3) is 0.0769. The highest BCUT2D eigenvalue weighted by molar-refractivity contribution is 5.75. The summed E-state index contributed by atoms with van der Waals surface area (Å²) in [5.41, 5.74) is 1.95. The Labute approximate surface area is 93.2 Å². The lowest BCUT2D eigenvalue weighted by Crippen LogP contribution is -1.85. The predicted molar refractivity (Wildman–Crippen MR) is 61.6 cm³/mol. The van der Waals surface area contributed by atoms with Crippen LogP contribution >= 0.6 is 0 Å². The Morgan fingerprint density at radius 2 is 1.31 bits per heavy atom.